The number of nitrogens with zero attached hydrogens (tertiary/aromatic N) is 3. The van der Waals surface area contributed by atoms with E-state index >= 15 is 0 Å². The van der Waals surface area contributed by atoms with Gasteiger partial charge in [0.2, 0.25) is 0 Å². The summed E-state index contributed by atoms with van der Waals surface area (Å²) in [5.74, 6) is 0.563. The molecule has 1 saturated heterocycles. The number of fused-ring (bicyclic) bond motifs is 1. The lowest BCUT2D eigenvalue weighted by Crippen LogP contribution is -2.47. The van der Waals surface area contributed by atoms with Crippen LogP contribution in [0.3, 0.4) is 0 Å². The SMILES string of the molecule is CC1CN(C(N)=NCc2ccc3cc[nH]c3n2)CCO1. The smallest absolute Gasteiger partial charge is 0.191 e. The first-order valence-electron chi connectivity index (χ1n) is 6.82. The number of aromatic nitrogens is 2. The van der Waals surface area contributed by atoms with Gasteiger partial charge in [-0.05, 0) is 25.1 Å². The highest BCUT2D eigenvalue weighted by molar-refractivity contribution is 5.78. The predicted octanol–water partition coefficient (Wildman–Crippen LogP) is 1.10. The molecular weight excluding hydrogens is 254 g/mol. The molecule has 3 rings (SSSR count). The molecule has 1 atom stereocenters. The Balaban J connectivity index is 1.68. The fourth-order valence-corrected chi connectivity index (χ4v) is 2.35. The van der Waals surface area contributed by atoms with Gasteiger partial charge in [-0.3, -0.25) is 0 Å². The van der Waals surface area contributed by atoms with Crippen LogP contribution >= 0.6 is 0 Å². The molecule has 0 bridgehead atoms. The van der Waals surface area contributed by atoms with Crippen molar-refractivity contribution >= 4 is 17.0 Å². The maximum Gasteiger partial charge on any atom is 0.191 e. The van der Waals surface area contributed by atoms with Crippen molar-refractivity contribution in [3.8, 4) is 0 Å². The zero-order valence-electron chi connectivity index (χ0n) is 11.5. The lowest BCUT2D eigenvalue weighted by Gasteiger charge is -2.31. The molecule has 20 heavy (non-hydrogen) atoms. The van der Waals surface area contributed by atoms with Gasteiger partial charge in [-0.25, -0.2) is 9.98 Å². The molecule has 6 nitrogen and oxygen atoms in total. The number of morpholine rings is 1. The molecule has 106 valence electrons. The summed E-state index contributed by atoms with van der Waals surface area (Å²) in [7, 11) is 0. The van der Waals surface area contributed by atoms with Gasteiger partial charge in [0, 0.05) is 24.7 Å². The van der Waals surface area contributed by atoms with Crippen molar-refractivity contribution in [3.63, 3.8) is 0 Å². The summed E-state index contributed by atoms with van der Waals surface area (Å²) >= 11 is 0. The minimum absolute atomic E-state index is 0.200. The summed E-state index contributed by atoms with van der Waals surface area (Å²) in [6.45, 7) is 4.82. The number of guanidine groups is 1. The first-order valence-corrected chi connectivity index (χ1v) is 6.82. The van der Waals surface area contributed by atoms with Crippen molar-refractivity contribution in [3.05, 3.63) is 30.1 Å². The number of H-pyrrole nitrogens is 1. The van der Waals surface area contributed by atoms with Crippen LogP contribution < -0.4 is 5.73 Å². The van der Waals surface area contributed by atoms with Crippen molar-refractivity contribution in [1.29, 1.82) is 0 Å². The van der Waals surface area contributed by atoms with Gasteiger partial charge in [0.25, 0.3) is 0 Å². The summed E-state index contributed by atoms with van der Waals surface area (Å²) in [5, 5.41) is 1.10. The van der Waals surface area contributed by atoms with E-state index in [1.165, 1.54) is 0 Å². The van der Waals surface area contributed by atoms with Gasteiger partial charge in [0.15, 0.2) is 5.96 Å². The van der Waals surface area contributed by atoms with E-state index in [2.05, 4.69) is 19.9 Å². The maximum absolute atomic E-state index is 6.04. The molecule has 3 N–H and O–H groups in total. The van der Waals surface area contributed by atoms with Crippen LogP contribution in [0, 0.1) is 0 Å². The van der Waals surface area contributed by atoms with Gasteiger partial charge in [-0.1, -0.05) is 0 Å². The van der Waals surface area contributed by atoms with Crippen LogP contribution in [0.25, 0.3) is 11.0 Å². The number of pyridine rings is 1. The Morgan fingerprint density at radius 1 is 1.55 bits per heavy atom. The third-order valence-electron chi connectivity index (χ3n) is 3.44. The van der Waals surface area contributed by atoms with Crippen molar-refractivity contribution in [2.75, 3.05) is 19.7 Å². The van der Waals surface area contributed by atoms with Crippen LogP contribution in [0.2, 0.25) is 0 Å². The Morgan fingerprint density at radius 2 is 2.45 bits per heavy atom. The average molecular weight is 273 g/mol. The molecule has 2 aromatic heterocycles. The second kappa shape index (κ2) is 5.50. The molecule has 0 radical (unpaired) electrons. The predicted molar refractivity (Wildman–Crippen MR) is 78.4 cm³/mol. The highest BCUT2D eigenvalue weighted by Crippen LogP contribution is 2.11. The number of ether oxygens (including phenoxy) is 1. The van der Waals surface area contributed by atoms with Gasteiger partial charge in [0.05, 0.1) is 24.9 Å². The zero-order chi connectivity index (χ0) is 13.9. The van der Waals surface area contributed by atoms with Gasteiger partial charge in [-0.2, -0.15) is 0 Å². The van der Waals surface area contributed by atoms with E-state index in [1.54, 1.807) is 0 Å². The molecule has 0 amide bonds. The molecule has 3 heterocycles. The van der Waals surface area contributed by atoms with Gasteiger partial charge >= 0.3 is 0 Å². The highest BCUT2D eigenvalue weighted by Gasteiger charge is 2.17. The van der Waals surface area contributed by atoms with Crippen LogP contribution in [0.5, 0.6) is 0 Å². The van der Waals surface area contributed by atoms with Crippen molar-refractivity contribution in [1.82, 2.24) is 14.9 Å². The Hall–Kier alpha value is -2.08. The number of aliphatic imine (C=N–C) groups is 1. The minimum Gasteiger partial charge on any atom is -0.375 e. The number of aromatic amines is 1. The summed E-state index contributed by atoms with van der Waals surface area (Å²) in [6.07, 6.45) is 2.08. The van der Waals surface area contributed by atoms with E-state index in [1.807, 2.05) is 31.3 Å². The number of nitrogens with two attached hydrogens (primary N) is 1. The molecule has 2 aromatic rings. The molecule has 1 fully saturated rings. The Bertz CT molecular complexity index is 621. The van der Waals surface area contributed by atoms with Crippen LogP contribution in [0.4, 0.5) is 0 Å². The van der Waals surface area contributed by atoms with E-state index in [9.17, 15) is 0 Å². The Morgan fingerprint density at radius 3 is 3.30 bits per heavy atom. The third-order valence-corrected chi connectivity index (χ3v) is 3.44. The molecule has 0 aliphatic carbocycles. The van der Waals surface area contributed by atoms with Crippen LogP contribution in [-0.2, 0) is 11.3 Å². The molecule has 1 unspecified atom stereocenters. The normalized spacial score (nSPS) is 20.6. The van der Waals surface area contributed by atoms with Crippen molar-refractivity contribution in [2.24, 2.45) is 10.7 Å². The summed E-state index contributed by atoms with van der Waals surface area (Å²) in [4.78, 5) is 14.1. The fraction of sp³-hybridized carbons (Fsp3) is 0.429. The monoisotopic (exact) mass is 273 g/mol. The number of rotatable bonds is 2. The summed E-state index contributed by atoms with van der Waals surface area (Å²) in [5.41, 5.74) is 7.83. The van der Waals surface area contributed by atoms with E-state index < -0.39 is 0 Å². The van der Waals surface area contributed by atoms with Crippen LogP contribution in [0.1, 0.15) is 12.6 Å². The molecule has 1 aliphatic heterocycles. The fourth-order valence-electron chi connectivity index (χ4n) is 2.35. The lowest BCUT2D eigenvalue weighted by atomic mass is 10.3. The summed E-state index contributed by atoms with van der Waals surface area (Å²) < 4.78 is 5.49. The van der Waals surface area contributed by atoms with Gasteiger partial charge < -0.3 is 20.4 Å². The second-order valence-corrected chi connectivity index (χ2v) is 5.02. The number of hydrogen-bond acceptors (Lipinski definition) is 3. The summed E-state index contributed by atoms with van der Waals surface area (Å²) in [6, 6.07) is 6.02. The second-order valence-electron chi connectivity index (χ2n) is 5.02. The molecule has 0 aromatic carbocycles. The standard InChI is InChI=1S/C14H19N5O/c1-10-9-19(6-7-20-10)14(15)17-8-12-3-2-11-4-5-16-13(11)18-12/h2-5,10H,6-9H2,1H3,(H2,15,17)(H,16,18). The quantitative estimate of drug-likeness (QED) is 0.634. The molecule has 6 heteroatoms. The van der Waals surface area contributed by atoms with Crippen LogP contribution in [0.15, 0.2) is 29.4 Å². The Labute approximate surface area is 117 Å². The van der Waals surface area contributed by atoms with E-state index in [-0.39, 0.29) is 6.10 Å². The Kier molecular flexibility index (Phi) is 3.56. The molecule has 0 saturated carbocycles. The lowest BCUT2D eigenvalue weighted by molar-refractivity contribution is 0.00528. The highest BCUT2D eigenvalue weighted by atomic mass is 16.5. The number of nitrogens with one attached hydrogen (secondary N) is 1. The zero-order valence-corrected chi connectivity index (χ0v) is 11.5. The topological polar surface area (TPSA) is 79.5 Å². The first-order chi connectivity index (χ1) is 9.72. The average Bonchev–Trinajstić information content (AvgIpc) is 2.92. The molecule has 1 aliphatic rings. The van der Waals surface area contributed by atoms with Crippen molar-refractivity contribution < 1.29 is 4.74 Å². The minimum atomic E-state index is 0.200. The van der Waals surface area contributed by atoms with Crippen LogP contribution in [-0.4, -0.2) is 46.6 Å². The van der Waals surface area contributed by atoms with Crippen molar-refractivity contribution in [2.45, 2.75) is 19.6 Å². The van der Waals surface area contributed by atoms with E-state index in [0.717, 1.165) is 29.8 Å². The van der Waals surface area contributed by atoms with Gasteiger partial charge in [0.1, 0.15) is 5.65 Å². The first kappa shape index (κ1) is 12.9. The number of hydrogen-bond donors (Lipinski definition) is 2. The molecule has 0 spiro atoms. The van der Waals surface area contributed by atoms with Gasteiger partial charge in [-0.15, -0.1) is 0 Å². The van der Waals surface area contributed by atoms with E-state index in [4.69, 9.17) is 10.5 Å². The van der Waals surface area contributed by atoms with E-state index in [0.29, 0.717) is 19.1 Å². The largest absolute Gasteiger partial charge is 0.375 e. The maximum atomic E-state index is 6.04. The molecular formula is C14H19N5O. The third kappa shape index (κ3) is 2.75.